The minimum absolute atomic E-state index is 0.289. The molecule has 0 atom stereocenters. The van der Waals surface area contributed by atoms with Crippen LogP contribution in [0.4, 0.5) is 0 Å². The maximum atomic E-state index is 7.90. The van der Waals surface area contributed by atoms with Crippen molar-refractivity contribution in [2.75, 3.05) is 0 Å². The smallest absolute Gasteiger partial charge is 0.173 e. The highest BCUT2D eigenvalue weighted by atomic mass is 15.1. The Hall–Kier alpha value is -1.65. The molecule has 0 bridgehead atoms. The number of rotatable bonds is 3. The molecule has 0 amide bonds. The van der Waals surface area contributed by atoms with E-state index in [1.165, 1.54) is 25.7 Å². The van der Waals surface area contributed by atoms with Gasteiger partial charge in [-0.3, -0.25) is 5.41 Å². The number of hydrogen-bond donors (Lipinski definition) is 2. The molecule has 0 unspecified atom stereocenters. The van der Waals surface area contributed by atoms with Crippen molar-refractivity contribution in [2.24, 2.45) is 5.92 Å². The first kappa shape index (κ1) is 12.4. The molecular formula is C14H21N5. The quantitative estimate of drug-likeness (QED) is 0.889. The lowest BCUT2D eigenvalue weighted by molar-refractivity contribution is 0.459. The average molecular weight is 259 g/mol. The molecule has 2 aromatic heterocycles. The lowest BCUT2D eigenvalue weighted by Crippen LogP contribution is -2.15. The molecule has 0 aromatic carbocycles. The molecule has 0 radical (unpaired) electrons. The summed E-state index contributed by atoms with van der Waals surface area (Å²) in [6, 6.07) is 0. The third kappa shape index (κ3) is 2.29. The van der Waals surface area contributed by atoms with Gasteiger partial charge in [0.2, 0.25) is 0 Å². The predicted molar refractivity (Wildman–Crippen MR) is 73.8 cm³/mol. The molecule has 1 aliphatic rings. The van der Waals surface area contributed by atoms with Gasteiger partial charge in [-0.15, -0.1) is 0 Å². The van der Waals surface area contributed by atoms with Crippen LogP contribution in [0.25, 0.3) is 11.2 Å². The summed E-state index contributed by atoms with van der Waals surface area (Å²) in [5.74, 6) is 2.02. The summed E-state index contributed by atoms with van der Waals surface area (Å²) in [5.41, 5.74) is 1.94. The minimum Gasteiger partial charge on any atom is -0.337 e. The van der Waals surface area contributed by atoms with Crippen LogP contribution in [0.15, 0.2) is 6.33 Å². The van der Waals surface area contributed by atoms with Gasteiger partial charge in [0.25, 0.3) is 0 Å². The number of aromatic amines is 1. The van der Waals surface area contributed by atoms with E-state index in [-0.39, 0.29) is 5.49 Å². The highest BCUT2D eigenvalue weighted by Crippen LogP contribution is 2.26. The second kappa shape index (κ2) is 4.79. The highest BCUT2D eigenvalue weighted by molar-refractivity contribution is 5.69. The molecule has 19 heavy (non-hydrogen) atoms. The van der Waals surface area contributed by atoms with E-state index in [0.29, 0.717) is 5.92 Å². The lowest BCUT2D eigenvalue weighted by atomic mass is 10.1. The molecule has 5 nitrogen and oxygen atoms in total. The van der Waals surface area contributed by atoms with Gasteiger partial charge in [0, 0.05) is 12.5 Å². The lowest BCUT2D eigenvalue weighted by Gasteiger charge is -2.12. The number of nitrogens with zero attached hydrogens (tertiary/aromatic N) is 3. The van der Waals surface area contributed by atoms with Crippen molar-refractivity contribution in [2.45, 2.75) is 52.0 Å². The molecule has 1 saturated carbocycles. The topological polar surface area (TPSA) is 70.3 Å². The standard InChI is InChI=1S/C14H21N5/c1-9(2)13-17-11-12(15)16-8-19(14(11)18-13)7-10-5-3-4-6-10/h8-10,15H,3-7H2,1-2H3,(H,17,18). The van der Waals surface area contributed by atoms with Gasteiger partial charge < -0.3 is 9.55 Å². The van der Waals surface area contributed by atoms with Crippen molar-refractivity contribution in [1.82, 2.24) is 19.5 Å². The van der Waals surface area contributed by atoms with E-state index in [0.717, 1.165) is 29.5 Å². The van der Waals surface area contributed by atoms with Gasteiger partial charge in [0.05, 0.1) is 6.33 Å². The SMILES string of the molecule is CC(C)c1nc2c([nH]1)c(=N)ncn2CC1CCCC1. The van der Waals surface area contributed by atoms with E-state index >= 15 is 0 Å². The Bertz CT molecular complexity index is 631. The van der Waals surface area contributed by atoms with Crippen LogP contribution in [0.2, 0.25) is 0 Å². The number of hydrogen-bond acceptors (Lipinski definition) is 3. The average Bonchev–Trinajstić information content (AvgIpc) is 3.01. The monoisotopic (exact) mass is 259 g/mol. The van der Waals surface area contributed by atoms with Crippen LogP contribution in [-0.4, -0.2) is 19.5 Å². The van der Waals surface area contributed by atoms with E-state index in [1.54, 1.807) is 6.33 Å². The molecule has 1 fully saturated rings. The second-order valence-electron chi connectivity index (χ2n) is 5.87. The maximum absolute atomic E-state index is 7.90. The Morgan fingerprint density at radius 2 is 2.16 bits per heavy atom. The predicted octanol–water partition coefficient (Wildman–Crippen LogP) is 2.55. The molecule has 1 aliphatic carbocycles. The van der Waals surface area contributed by atoms with Crippen LogP contribution >= 0.6 is 0 Å². The summed E-state index contributed by atoms with van der Waals surface area (Å²) in [7, 11) is 0. The molecule has 2 heterocycles. The second-order valence-corrected chi connectivity index (χ2v) is 5.87. The molecule has 0 aliphatic heterocycles. The Morgan fingerprint density at radius 3 is 2.84 bits per heavy atom. The summed E-state index contributed by atoms with van der Waals surface area (Å²) in [5, 5.41) is 7.90. The van der Waals surface area contributed by atoms with Crippen molar-refractivity contribution in [3.63, 3.8) is 0 Å². The summed E-state index contributed by atoms with van der Waals surface area (Å²) in [6.07, 6.45) is 7.07. The van der Waals surface area contributed by atoms with Crippen molar-refractivity contribution in [3.05, 3.63) is 17.6 Å². The number of fused-ring (bicyclic) bond motifs is 1. The number of aromatic nitrogens is 4. The molecule has 5 heteroatoms. The van der Waals surface area contributed by atoms with Crippen LogP contribution in [-0.2, 0) is 6.54 Å². The zero-order valence-corrected chi connectivity index (χ0v) is 11.6. The van der Waals surface area contributed by atoms with E-state index in [2.05, 4.69) is 33.4 Å². The normalized spacial score (nSPS) is 16.8. The van der Waals surface area contributed by atoms with Gasteiger partial charge in [0.15, 0.2) is 11.1 Å². The van der Waals surface area contributed by atoms with E-state index in [4.69, 9.17) is 5.41 Å². The van der Waals surface area contributed by atoms with Gasteiger partial charge in [-0.25, -0.2) is 9.97 Å². The Balaban J connectivity index is 2.03. The Labute approximate surface area is 112 Å². The molecule has 102 valence electrons. The maximum Gasteiger partial charge on any atom is 0.173 e. The van der Waals surface area contributed by atoms with Crippen LogP contribution in [0, 0.1) is 11.3 Å². The molecular weight excluding hydrogens is 238 g/mol. The van der Waals surface area contributed by atoms with E-state index in [1.807, 2.05) is 0 Å². The zero-order valence-electron chi connectivity index (χ0n) is 11.6. The van der Waals surface area contributed by atoms with Crippen LogP contribution < -0.4 is 5.49 Å². The fraction of sp³-hybridized carbons (Fsp3) is 0.643. The van der Waals surface area contributed by atoms with Gasteiger partial charge in [0.1, 0.15) is 11.3 Å². The first-order valence-corrected chi connectivity index (χ1v) is 7.15. The Kier molecular flexibility index (Phi) is 3.12. The summed E-state index contributed by atoms with van der Waals surface area (Å²) in [6.45, 7) is 5.19. The fourth-order valence-electron chi connectivity index (χ4n) is 2.88. The van der Waals surface area contributed by atoms with Gasteiger partial charge in [-0.1, -0.05) is 26.7 Å². The van der Waals surface area contributed by atoms with Gasteiger partial charge in [-0.2, -0.15) is 0 Å². The number of imidazole rings is 1. The molecule has 2 N–H and O–H groups in total. The van der Waals surface area contributed by atoms with Crippen molar-refractivity contribution in [1.29, 1.82) is 5.41 Å². The zero-order chi connectivity index (χ0) is 13.4. The number of nitrogens with one attached hydrogen (secondary N) is 2. The van der Waals surface area contributed by atoms with Gasteiger partial charge in [-0.05, 0) is 18.8 Å². The third-order valence-corrected chi connectivity index (χ3v) is 4.01. The fourth-order valence-corrected chi connectivity index (χ4v) is 2.88. The minimum atomic E-state index is 0.289. The molecule has 2 aromatic rings. The van der Waals surface area contributed by atoms with Crippen LogP contribution in [0.5, 0.6) is 0 Å². The van der Waals surface area contributed by atoms with Crippen molar-refractivity contribution in [3.8, 4) is 0 Å². The first-order chi connectivity index (χ1) is 9.15. The largest absolute Gasteiger partial charge is 0.337 e. The van der Waals surface area contributed by atoms with Crippen LogP contribution in [0.3, 0.4) is 0 Å². The number of H-pyrrole nitrogens is 1. The summed E-state index contributed by atoms with van der Waals surface area (Å²) >= 11 is 0. The van der Waals surface area contributed by atoms with Crippen molar-refractivity contribution >= 4 is 11.2 Å². The molecule has 0 saturated heterocycles. The summed E-state index contributed by atoms with van der Waals surface area (Å²) in [4.78, 5) is 12.1. The Morgan fingerprint density at radius 1 is 1.42 bits per heavy atom. The third-order valence-electron chi connectivity index (χ3n) is 4.01. The molecule has 0 spiro atoms. The molecule has 3 rings (SSSR count). The first-order valence-electron chi connectivity index (χ1n) is 7.15. The van der Waals surface area contributed by atoms with E-state index < -0.39 is 0 Å². The van der Waals surface area contributed by atoms with E-state index in [9.17, 15) is 0 Å². The van der Waals surface area contributed by atoms with Gasteiger partial charge >= 0.3 is 0 Å². The van der Waals surface area contributed by atoms with Crippen LogP contribution in [0.1, 0.15) is 51.3 Å². The summed E-state index contributed by atoms with van der Waals surface area (Å²) < 4.78 is 2.12. The highest BCUT2D eigenvalue weighted by Gasteiger charge is 2.18. The van der Waals surface area contributed by atoms with Crippen molar-refractivity contribution < 1.29 is 0 Å².